The molecular formula is C15H16ClN3O. The number of anilines is 1. The number of rotatable bonds is 3. The Hall–Kier alpha value is -1.81. The summed E-state index contributed by atoms with van der Waals surface area (Å²) < 4.78 is 5.67. The maximum Gasteiger partial charge on any atom is 0.138 e. The van der Waals surface area contributed by atoms with Crippen molar-refractivity contribution in [3.63, 3.8) is 0 Å². The first-order chi connectivity index (χ1) is 9.66. The van der Waals surface area contributed by atoms with E-state index in [1.165, 1.54) is 6.33 Å². The summed E-state index contributed by atoms with van der Waals surface area (Å²) in [5.41, 5.74) is 2.09. The molecule has 0 fully saturated rings. The second-order valence-electron chi connectivity index (χ2n) is 5.13. The zero-order valence-corrected chi connectivity index (χ0v) is 12.2. The number of fused-ring (bicyclic) bond motifs is 1. The summed E-state index contributed by atoms with van der Waals surface area (Å²) in [6, 6.07) is 8.13. The lowest BCUT2D eigenvalue weighted by Gasteiger charge is -2.17. The Bertz CT molecular complexity index is 630. The molecule has 2 aromatic rings. The average Bonchev–Trinajstić information content (AvgIpc) is 2.82. The first kappa shape index (κ1) is 13.2. The molecular weight excluding hydrogens is 274 g/mol. The van der Waals surface area contributed by atoms with E-state index >= 15 is 0 Å². The van der Waals surface area contributed by atoms with Gasteiger partial charge in [-0.2, -0.15) is 0 Å². The van der Waals surface area contributed by atoms with Gasteiger partial charge in [0.15, 0.2) is 0 Å². The molecule has 1 unspecified atom stereocenters. The summed E-state index contributed by atoms with van der Waals surface area (Å²) in [7, 11) is 0. The van der Waals surface area contributed by atoms with Gasteiger partial charge in [-0.1, -0.05) is 43.6 Å². The number of hydrogen-bond donors (Lipinski definition) is 1. The van der Waals surface area contributed by atoms with Crippen LogP contribution in [0.4, 0.5) is 5.82 Å². The van der Waals surface area contributed by atoms with Gasteiger partial charge in [0.1, 0.15) is 29.7 Å². The van der Waals surface area contributed by atoms with Crippen molar-refractivity contribution in [3.8, 4) is 5.75 Å². The normalized spacial score (nSPS) is 16.9. The molecule has 0 saturated carbocycles. The van der Waals surface area contributed by atoms with E-state index in [4.69, 9.17) is 16.3 Å². The van der Waals surface area contributed by atoms with Crippen molar-refractivity contribution >= 4 is 17.4 Å². The van der Waals surface area contributed by atoms with Crippen molar-refractivity contribution in [2.75, 3.05) is 11.9 Å². The van der Waals surface area contributed by atoms with Crippen LogP contribution in [0.2, 0.25) is 5.15 Å². The number of para-hydroxylation sites is 1. The SMILES string of the molecule is CC(C)c1c(Cl)ncnc1NC1COc2ccccc21. The smallest absolute Gasteiger partial charge is 0.138 e. The van der Waals surface area contributed by atoms with Crippen molar-refractivity contribution in [3.05, 3.63) is 46.9 Å². The minimum atomic E-state index is 0.0923. The van der Waals surface area contributed by atoms with Crippen molar-refractivity contribution in [1.29, 1.82) is 0 Å². The quantitative estimate of drug-likeness (QED) is 0.873. The minimum Gasteiger partial charge on any atom is -0.491 e. The van der Waals surface area contributed by atoms with Crippen molar-refractivity contribution in [1.82, 2.24) is 9.97 Å². The molecule has 20 heavy (non-hydrogen) atoms. The molecule has 1 aliphatic heterocycles. The van der Waals surface area contributed by atoms with Gasteiger partial charge < -0.3 is 10.1 Å². The highest BCUT2D eigenvalue weighted by atomic mass is 35.5. The molecule has 104 valence electrons. The van der Waals surface area contributed by atoms with Crippen LogP contribution in [-0.4, -0.2) is 16.6 Å². The fourth-order valence-electron chi connectivity index (χ4n) is 2.45. The molecule has 4 nitrogen and oxygen atoms in total. The molecule has 0 amide bonds. The number of benzene rings is 1. The Morgan fingerprint density at radius 2 is 2.10 bits per heavy atom. The van der Waals surface area contributed by atoms with Crippen LogP contribution in [0.25, 0.3) is 0 Å². The van der Waals surface area contributed by atoms with Crippen molar-refractivity contribution in [2.24, 2.45) is 0 Å². The maximum atomic E-state index is 6.19. The first-order valence-electron chi connectivity index (χ1n) is 6.65. The maximum absolute atomic E-state index is 6.19. The molecule has 0 aliphatic carbocycles. The van der Waals surface area contributed by atoms with E-state index in [0.717, 1.165) is 22.7 Å². The van der Waals surface area contributed by atoms with Crippen LogP contribution in [0.3, 0.4) is 0 Å². The van der Waals surface area contributed by atoms with E-state index in [0.29, 0.717) is 11.8 Å². The standard InChI is InChI=1S/C15H16ClN3O/c1-9(2)13-14(16)17-8-18-15(13)19-11-7-20-12-6-4-3-5-10(11)12/h3-6,8-9,11H,7H2,1-2H3,(H,17,18,19). The van der Waals surface area contributed by atoms with Crippen molar-refractivity contribution in [2.45, 2.75) is 25.8 Å². The number of aromatic nitrogens is 2. The van der Waals surface area contributed by atoms with E-state index in [1.807, 2.05) is 18.2 Å². The van der Waals surface area contributed by atoms with Crippen LogP contribution >= 0.6 is 11.6 Å². The number of nitrogens with one attached hydrogen (secondary N) is 1. The molecule has 1 N–H and O–H groups in total. The van der Waals surface area contributed by atoms with Gasteiger partial charge in [0.05, 0.1) is 6.04 Å². The van der Waals surface area contributed by atoms with Gasteiger partial charge in [0.2, 0.25) is 0 Å². The number of halogens is 1. The van der Waals surface area contributed by atoms with E-state index in [1.54, 1.807) is 0 Å². The minimum absolute atomic E-state index is 0.0923. The van der Waals surface area contributed by atoms with Crippen LogP contribution in [-0.2, 0) is 0 Å². The Labute approximate surface area is 123 Å². The van der Waals surface area contributed by atoms with Crippen LogP contribution < -0.4 is 10.1 Å². The Kier molecular flexibility index (Phi) is 3.49. The molecule has 1 aliphatic rings. The average molecular weight is 290 g/mol. The molecule has 1 aromatic carbocycles. The first-order valence-corrected chi connectivity index (χ1v) is 7.03. The van der Waals surface area contributed by atoms with E-state index in [2.05, 4.69) is 35.2 Å². The summed E-state index contributed by atoms with van der Waals surface area (Å²) in [5.74, 6) is 1.96. The van der Waals surface area contributed by atoms with Gasteiger partial charge in [-0.05, 0) is 12.0 Å². The van der Waals surface area contributed by atoms with Gasteiger partial charge >= 0.3 is 0 Å². The summed E-state index contributed by atoms with van der Waals surface area (Å²) >= 11 is 6.19. The molecule has 1 aromatic heterocycles. The Morgan fingerprint density at radius 1 is 1.30 bits per heavy atom. The predicted octanol–water partition coefficient (Wildman–Crippen LogP) is 3.80. The summed E-state index contributed by atoms with van der Waals surface area (Å²) in [6.07, 6.45) is 1.48. The molecule has 0 radical (unpaired) electrons. The lowest BCUT2D eigenvalue weighted by Crippen LogP contribution is -2.15. The molecule has 1 atom stereocenters. The highest BCUT2D eigenvalue weighted by Crippen LogP contribution is 2.36. The third kappa shape index (κ3) is 2.31. The number of nitrogens with zero attached hydrogens (tertiary/aromatic N) is 2. The lowest BCUT2D eigenvalue weighted by molar-refractivity contribution is 0.339. The third-order valence-corrected chi connectivity index (χ3v) is 3.72. The van der Waals surface area contributed by atoms with Crippen molar-refractivity contribution < 1.29 is 4.74 Å². The van der Waals surface area contributed by atoms with Gasteiger partial charge in [0, 0.05) is 11.1 Å². The second-order valence-corrected chi connectivity index (χ2v) is 5.49. The third-order valence-electron chi connectivity index (χ3n) is 3.42. The molecule has 0 bridgehead atoms. The summed E-state index contributed by atoms with van der Waals surface area (Å²) in [5, 5.41) is 3.93. The van der Waals surface area contributed by atoms with Gasteiger partial charge in [-0.25, -0.2) is 9.97 Å². The molecule has 5 heteroatoms. The second kappa shape index (κ2) is 5.29. The largest absolute Gasteiger partial charge is 0.491 e. The zero-order chi connectivity index (χ0) is 14.1. The van der Waals surface area contributed by atoms with Gasteiger partial charge in [-0.15, -0.1) is 0 Å². The molecule has 2 heterocycles. The number of hydrogen-bond acceptors (Lipinski definition) is 4. The molecule has 0 spiro atoms. The number of ether oxygens (including phenoxy) is 1. The van der Waals surface area contributed by atoms with Crippen LogP contribution in [0.15, 0.2) is 30.6 Å². The van der Waals surface area contributed by atoms with Crippen LogP contribution in [0.1, 0.15) is 36.9 Å². The van der Waals surface area contributed by atoms with E-state index < -0.39 is 0 Å². The van der Waals surface area contributed by atoms with E-state index in [-0.39, 0.29) is 12.0 Å². The van der Waals surface area contributed by atoms with E-state index in [9.17, 15) is 0 Å². The lowest BCUT2D eigenvalue weighted by atomic mass is 10.0. The monoisotopic (exact) mass is 289 g/mol. The molecule has 0 saturated heterocycles. The fourth-order valence-corrected chi connectivity index (χ4v) is 2.80. The highest BCUT2D eigenvalue weighted by Gasteiger charge is 2.25. The summed E-state index contributed by atoms with van der Waals surface area (Å²) in [4.78, 5) is 8.40. The molecule has 3 rings (SSSR count). The Morgan fingerprint density at radius 3 is 2.90 bits per heavy atom. The van der Waals surface area contributed by atoms with Crippen LogP contribution in [0, 0.1) is 0 Å². The highest BCUT2D eigenvalue weighted by molar-refractivity contribution is 6.30. The fraction of sp³-hybridized carbons (Fsp3) is 0.333. The van der Waals surface area contributed by atoms with Gasteiger partial charge in [0.25, 0.3) is 0 Å². The zero-order valence-electron chi connectivity index (χ0n) is 11.4. The van der Waals surface area contributed by atoms with Crippen LogP contribution in [0.5, 0.6) is 5.75 Å². The van der Waals surface area contributed by atoms with Gasteiger partial charge in [-0.3, -0.25) is 0 Å². The predicted molar refractivity (Wildman–Crippen MR) is 79.4 cm³/mol. The Balaban J connectivity index is 1.92. The topological polar surface area (TPSA) is 47.0 Å². The summed E-state index contributed by atoms with van der Waals surface area (Å²) in [6.45, 7) is 4.75.